The summed E-state index contributed by atoms with van der Waals surface area (Å²) >= 11 is 0. The van der Waals surface area contributed by atoms with Gasteiger partial charge in [0, 0.05) is 23.6 Å². The first kappa shape index (κ1) is 25.2. The molecule has 0 spiro atoms. The fraction of sp³-hybridized carbons (Fsp3) is 0.370. The number of fused-ring (bicyclic) bond motifs is 3. The van der Waals surface area contributed by atoms with Gasteiger partial charge >= 0.3 is 5.97 Å². The number of carbonyl (C=O) groups is 3. The summed E-state index contributed by atoms with van der Waals surface area (Å²) in [5.41, 5.74) is 0.0230. The van der Waals surface area contributed by atoms with Gasteiger partial charge in [0.2, 0.25) is 5.78 Å². The number of hydrogen-bond acceptors (Lipinski definition) is 7. The number of hydrogen-bond donors (Lipinski definition) is 2. The topological polar surface area (TPSA) is 110 Å². The van der Waals surface area contributed by atoms with Crippen LogP contribution in [0.3, 0.4) is 0 Å². The molecule has 0 aromatic heterocycles. The Hall–Kier alpha value is -3.45. The second-order valence-corrected chi connectivity index (χ2v) is 9.01. The predicted octanol–water partition coefficient (Wildman–Crippen LogP) is 4.24. The summed E-state index contributed by atoms with van der Waals surface area (Å²) in [6.07, 6.45) is 10.8. The number of allylic oxidation sites excluding steroid dienone is 7. The molecule has 3 rings (SSSR count). The predicted molar refractivity (Wildman–Crippen MR) is 126 cm³/mol. The van der Waals surface area contributed by atoms with Crippen molar-refractivity contribution in [2.75, 3.05) is 0 Å². The second-order valence-electron chi connectivity index (χ2n) is 9.01. The first-order chi connectivity index (χ1) is 16.0. The molecule has 0 saturated heterocycles. The molecule has 0 radical (unpaired) electrons. The molecule has 3 atom stereocenters. The number of carbonyl (C=O) groups excluding carboxylic acids is 3. The van der Waals surface area contributed by atoms with Crippen LogP contribution in [0.15, 0.2) is 82.1 Å². The molecule has 0 bridgehead atoms. The first-order valence-electron chi connectivity index (χ1n) is 11.3. The van der Waals surface area contributed by atoms with E-state index in [1.54, 1.807) is 19.1 Å². The fourth-order valence-corrected chi connectivity index (χ4v) is 4.00. The molecule has 0 aromatic carbocycles. The average molecular weight is 467 g/mol. The number of rotatable bonds is 8. The molecular formula is C27H30O7. The van der Waals surface area contributed by atoms with Crippen molar-refractivity contribution < 1.29 is 34.1 Å². The molecule has 0 fully saturated rings. The Balaban J connectivity index is 1.98. The Labute approximate surface area is 199 Å². The van der Waals surface area contributed by atoms with Crippen molar-refractivity contribution in [3.05, 3.63) is 82.1 Å². The molecule has 7 nitrogen and oxygen atoms in total. The van der Waals surface area contributed by atoms with E-state index >= 15 is 0 Å². The van der Waals surface area contributed by atoms with Crippen LogP contribution in [0, 0.1) is 5.92 Å². The van der Waals surface area contributed by atoms with E-state index in [0.29, 0.717) is 22.8 Å². The second kappa shape index (κ2) is 9.81. The van der Waals surface area contributed by atoms with Crippen molar-refractivity contribution in [1.29, 1.82) is 0 Å². The van der Waals surface area contributed by atoms with Crippen LogP contribution in [0.25, 0.3) is 0 Å². The highest BCUT2D eigenvalue weighted by Gasteiger charge is 2.54. The van der Waals surface area contributed by atoms with E-state index in [-0.39, 0.29) is 17.6 Å². The van der Waals surface area contributed by atoms with E-state index < -0.39 is 35.0 Å². The van der Waals surface area contributed by atoms with Crippen molar-refractivity contribution in [1.82, 2.24) is 0 Å². The van der Waals surface area contributed by atoms with Gasteiger partial charge in [-0.1, -0.05) is 38.0 Å². The Kier molecular flexibility index (Phi) is 7.26. The van der Waals surface area contributed by atoms with Crippen LogP contribution in [0.5, 0.6) is 0 Å². The lowest BCUT2D eigenvalue weighted by Gasteiger charge is -2.31. The van der Waals surface area contributed by atoms with Crippen molar-refractivity contribution in [2.45, 2.75) is 59.2 Å². The Morgan fingerprint density at radius 2 is 1.91 bits per heavy atom. The normalized spacial score (nSPS) is 24.6. The third-order valence-corrected chi connectivity index (χ3v) is 5.94. The van der Waals surface area contributed by atoms with E-state index in [2.05, 4.69) is 13.8 Å². The molecule has 0 amide bonds. The highest BCUT2D eigenvalue weighted by molar-refractivity contribution is 6.13. The standard InChI is InChI=1S/C27H30O7/c1-6-15(2)9-16(3)7-8-19(29)13-22(30)24-25-21-14-33-20(10-17(4)28)11-18(21)12-23(31)27(25,5)34-26(24)32/h7-9,11-15,17,28,30H,6,10H2,1-5H3/b8-7+,16-9+,22-13-/t15?,17?,27-/m0/s1. The molecule has 7 heteroatoms. The minimum Gasteiger partial charge on any atom is -0.507 e. The van der Waals surface area contributed by atoms with Gasteiger partial charge in [0.1, 0.15) is 17.1 Å². The van der Waals surface area contributed by atoms with Crippen LogP contribution in [-0.2, 0) is 23.9 Å². The molecule has 34 heavy (non-hydrogen) atoms. The maximum Gasteiger partial charge on any atom is 0.343 e. The van der Waals surface area contributed by atoms with Gasteiger partial charge < -0.3 is 19.7 Å². The van der Waals surface area contributed by atoms with Gasteiger partial charge in [0.25, 0.3) is 0 Å². The lowest BCUT2D eigenvalue weighted by atomic mass is 9.76. The molecule has 2 heterocycles. The number of ketones is 2. The van der Waals surface area contributed by atoms with Crippen molar-refractivity contribution >= 4 is 17.5 Å². The number of aliphatic hydroxyl groups is 2. The van der Waals surface area contributed by atoms with Crippen LogP contribution < -0.4 is 0 Å². The summed E-state index contributed by atoms with van der Waals surface area (Å²) in [4.78, 5) is 38.0. The van der Waals surface area contributed by atoms with Gasteiger partial charge in [-0.25, -0.2) is 4.79 Å². The molecule has 2 unspecified atom stereocenters. The molecule has 0 saturated carbocycles. The summed E-state index contributed by atoms with van der Waals surface area (Å²) in [5, 5.41) is 20.4. The van der Waals surface area contributed by atoms with Crippen molar-refractivity contribution in [2.24, 2.45) is 5.92 Å². The minimum absolute atomic E-state index is 0.144. The molecule has 180 valence electrons. The molecule has 1 aliphatic carbocycles. The Morgan fingerprint density at radius 3 is 2.56 bits per heavy atom. The number of aliphatic hydroxyl groups excluding tert-OH is 2. The lowest BCUT2D eigenvalue weighted by Crippen LogP contribution is -2.40. The van der Waals surface area contributed by atoms with E-state index in [1.165, 1.54) is 25.3 Å². The van der Waals surface area contributed by atoms with E-state index in [1.807, 2.05) is 13.0 Å². The van der Waals surface area contributed by atoms with Crippen molar-refractivity contribution in [3.63, 3.8) is 0 Å². The Bertz CT molecular complexity index is 1140. The average Bonchev–Trinajstić information content (AvgIpc) is 3.03. The van der Waals surface area contributed by atoms with Gasteiger partial charge in [-0.15, -0.1) is 0 Å². The number of esters is 1. The summed E-state index contributed by atoms with van der Waals surface area (Å²) < 4.78 is 11.0. The monoisotopic (exact) mass is 466 g/mol. The Morgan fingerprint density at radius 1 is 1.21 bits per heavy atom. The van der Waals surface area contributed by atoms with Crippen LogP contribution in [0.4, 0.5) is 0 Å². The van der Waals surface area contributed by atoms with Crippen LogP contribution in [-0.4, -0.2) is 39.5 Å². The van der Waals surface area contributed by atoms with Gasteiger partial charge in [-0.05, 0) is 50.5 Å². The van der Waals surface area contributed by atoms with E-state index in [9.17, 15) is 24.6 Å². The zero-order chi connectivity index (χ0) is 25.2. The van der Waals surface area contributed by atoms with Gasteiger partial charge in [-0.2, -0.15) is 0 Å². The maximum atomic E-state index is 12.9. The molecule has 2 N–H and O–H groups in total. The molecule has 0 aromatic rings. The molecular weight excluding hydrogens is 436 g/mol. The summed E-state index contributed by atoms with van der Waals surface area (Å²) in [6, 6.07) is 0. The SMILES string of the molecule is CCC(C)/C=C(C)/C=C/C(=O)/C=C(\O)C1=C2C3=COC(CC(C)O)=CC3=CC(=O)[C@]2(C)OC1=O. The van der Waals surface area contributed by atoms with Gasteiger partial charge in [0.05, 0.1) is 12.4 Å². The number of ether oxygens (including phenoxy) is 2. The highest BCUT2D eigenvalue weighted by atomic mass is 16.6. The summed E-state index contributed by atoms with van der Waals surface area (Å²) in [6.45, 7) is 9.07. The van der Waals surface area contributed by atoms with Crippen LogP contribution >= 0.6 is 0 Å². The maximum absolute atomic E-state index is 12.9. The zero-order valence-corrected chi connectivity index (χ0v) is 20.0. The minimum atomic E-state index is -1.64. The first-order valence-corrected chi connectivity index (χ1v) is 11.3. The van der Waals surface area contributed by atoms with Crippen LogP contribution in [0.1, 0.15) is 47.5 Å². The molecule has 3 aliphatic rings. The summed E-state index contributed by atoms with van der Waals surface area (Å²) in [5.74, 6) is -1.66. The summed E-state index contributed by atoms with van der Waals surface area (Å²) in [7, 11) is 0. The molecule has 2 aliphatic heterocycles. The third kappa shape index (κ3) is 5.04. The van der Waals surface area contributed by atoms with Gasteiger partial charge in [0.15, 0.2) is 11.4 Å². The largest absolute Gasteiger partial charge is 0.507 e. The highest BCUT2D eigenvalue weighted by Crippen LogP contribution is 2.47. The van der Waals surface area contributed by atoms with Gasteiger partial charge in [-0.3, -0.25) is 9.59 Å². The zero-order valence-electron chi connectivity index (χ0n) is 20.0. The fourth-order valence-electron chi connectivity index (χ4n) is 4.00. The van der Waals surface area contributed by atoms with E-state index in [4.69, 9.17) is 9.47 Å². The lowest BCUT2D eigenvalue weighted by molar-refractivity contribution is -0.152. The smallest absolute Gasteiger partial charge is 0.343 e. The van der Waals surface area contributed by atoms with Crippen molar-refractivity contribution in [3.8, 4) is 0 Å². The van der Waals surface area contributed by atoms with E-state index in [0.717, 1.165) is 18.1 Å². The third-order valence-electron chi connectivity index (χ3n) is 5.94. The van der Waals surface area contributed by atoms with Crippen LogP contribution in [0.2, 0.25) is 0 Å². The quantitative estimate of drug-likeness (QED) is 0.238.